The van der Waals surface area contributed by atoms with E-state index >= 15 is 0 Å². The molecule has 2 amide bonds. The van der Waals surface area contributed by atoms with Gasteiger partial charge in [0.25, 0.3) is 11.8 Å². The van der Waals surface area contributed by atoms with Crippen LogP contribution in [0.3, 0.4) is 0 Å². The van der Waals surface area contributed by atoms with Gasteiger partial charge < -0.3 is 9.47 Å². The zero-order valence-corrected chi connectivity index (χ0v) is 22.4. The molecule has 3 N–H and O–H groups in total. The molecule has 3 aromatic carbocycles. The van der Waals surface area contributed by atoms with Crippen LogP contribution in [0.1, 0.15) is 41.3 Å². The second kappa shape index (κ2) is 13.6. The van der Waals surface area contributed by atoms with Crippen LogP contribution in [0, 0.1) is 0 Å². The van der Waals surface area contributed by atoms with E-state index in [9.17, 15) is 9.59 Å². The van der Waals surface area contributed by atoms with Gasteiger partial charge in [-0.25, -0.2) is 0 Å². The Morgan fingerprint density at radius 1 is 0.944 bits per heavy atom. The van der Waals surface area contributed by atoms with E-state index in [1.165, 1.54) is 11.1 Å². The third kappa shape index (κ3) is 8.66. The van der Waals surface area contributed by atoms with E-state index in [-0.39, 0.29) is 11.7 Å². The third-order valence-electron chi connectivity index (χ3n) is 5.14. The van der Waals surface area contributed by atoms with Crippen LogP contribution in [0.25, 0.3) is 0 Å². The van der Waals surface area contributed by atoms with Crippen molar-refractivity contribution in [2.75, 3.05) is 13.2 Å². The summed E-state index contributed by atoms with van der Waals surface area (Å²) in [5.41, 5.74) is 7.64. The lowest BCUT2D eigenvalue weighted by atomic mass is 10.0. The van der Waals surface area contributed by atoms with Gasteiger partial charge >= 0.3 is 0 Å². The molecule has 3 rings (SSSR count). The highest BCUT2D eigenvalue weighted by Crippen LogP contribution is 2.26. The molecule has 0 fully saturated rings. The van der Waals surface area contributed by atoms with Crippen LogP contribution in [0.5, 0.6) is 11.5 Å². The highest BCUT2D eigenvalue weighted by molar-refractivity contribution is 9.10. The van der Waals surface area contributed by atoms with E-state index in [2.05, 4.69) is 45.9 Å². The average molecular weight is 571 g/mol. The quantitative estimate of drug-likeness (QED) is 0.251. The molecule has 0 saturated carbocycles. The number of rotatable bonds is 9. The fraction of sp³-hybridized carbons (Fsp3) is 0.222. The molecular formula is C27H28BrN3O4S. The Hall–Kier alpha value is -3.43. The van der Waals surface area contributed by atoms with Gasteiger partial charge in [0.2, 0.25) is 0 Å². The van der Waals surface area contributed by atoms with Crippen LogP contribution < -0.4 is 25.6 Å². The monoisotopic (exact) mass is 569 g/mol. The first-order valence-corrected chi connectivity index (χ1v) is 12.6. The minimum atomic E-state index is -0.445. The molecule has 0 radical (unpaired) electrons. The summed E-state index contributed by atoms with van der Waals surface area (Å²) < 4.78 is 11.9. The molecule has 0 aliphatic rings. The van der Waals surface area contributed by atoms with E-state index in [4.69, 9.17) is 21.7 Å². The molecule has 36 heavy (non-hydrogen) atoms. The van der Waals surface area contributed by atoms with Gasteiger partial charge in [0.1, 0.15) is 11.5 Å². The maximum Gasteiger partial charge on any atom is 0.276 e. The number of thiocarbonyl (C=S) groups is 1. The number of ether oxygens (including phenoxy) is 2. The highest BCUT2D eigenvalue weighted by Gasteiger charge is 2.12. The van der Waals surface area contributed by atoms with Crippen molar-refractivity contribution in [1.82, 2.24) is 16.2 Å². The van der Waals surface area contributed by atoms with Crippen LogP contribution in [0.2, 0.25) is 0 Å². The van der Waals surface area contributed by atoms with Crippen molar-refractivity contribution < 1.29 is 19.1 Å². The fourth-order valence-corrected chi connectivity index (χ4v) is 3.79. The van der Waals surface area contributed by atoms with E-state index in [0.29, 0.717) is 34.1 Å². The Kier molecular flexibility index (Phi) is 10.3. The summed E-state index contributed by atoms with van der Waals surface area (Å²) in [6.07, 6.45) is 0.774. The van der Waals surface area contributed by atoms with Crippen LogP contribution >= 0.6 is 28.1 Å². The van der Waals surface area contributed by atoms with E-state index in [1.54, 1.807) is 18.2 Å². The van der Waals surface area contributed by atoms with E-state index in [1.807, 2.05) is 54.6 Å². The van der Waals surface area contributed by atoms with Gasteiger partial charge in [-0.1, -0.05) is 56.3 Å². The topological polar surface area (TPSA) is 88.7 Å². The molecule has 0 aliphatic carbocycles. The maximum atomic E-state index is 12.5. The zero-order chi connectivity index (χ0) is 25.9. The summed E-state index contributed by atoms with van der Waals surface area (Å²) in [7, 11) is 0. The van der Waals surface area contributed by atoms with Crippen molar-refractivity contribution in [2.45, 2.75) is 26.2 Å². The van der Waals surface area contributed by atoms with Crippen LogP contribution in [-0.4, -0.2) is 30.1 Å². The Morgan fingerprint density at radius 3 is 2.33 bits per heavy atom. The Balaban J connectivity index is 1.39. The molecular weight excluding hydrogens is 542 g/mol. The molecule has 0 spiro atoms. The predicted molar refractivity (Wildman–Crippen MR) is 147 cm³/mol. The molecule has 0 heterocycles. The number of nitrogens with one attached hydrogen (secondary N) is 3. The first-order chi connectivity index (χ1) is 17.3. The molecule has 0 unspecified atom stereocenters. The van der Waals surface area contributed by atoms with Gasteiger partial charge in [-0.2, -0.15) is 0 Å². The largest absolute Gasteiger partial charge is 0.492 e. The maximum absolute atomic E-state index is 12.5. The first kappa shape index (κ1) is 27.2. The average Bonchev–Trinajstić information content (AvgIpc) is 2.88. The van der Waals surface area contributed by atoms with E-state index < -0.39 is 11.8 Å². The van der Waals surface area contributed by atoms with Crippen LogP contribution in [-0.2, 0) is 11.2 Å². The van der Waals surface area contributed by atoms with Crippen molar-refractivity contribution in [2.24, 2.45) is 0 Å². The number of amides is 2. The van der Waals surface area contributed by atoms with Gasteiger partial charge in [-0.05, 0) is 75.5 Å². The van der Waals surface area contributed by atoms with Crippen molar-refractivity contribution in [3.63, 3.8) is 0 Å². The van der Waals surface area contributed by atoms with E-state index in [0.717, 1.165) is 6.42 Å². The summed E-state index contributed by atoms with van der Waals surface area (Å²) in [6.45, 7) is 4.51. The predicted octanol–water partition coefficient (Wildman–Crippen LogP) is 4.91. The SMILES string of the molecule is CC(C)c1ccc(OCC(=O)NNC(=S)NC(=O)c2ccc(OCCc3ccccc3)c(Br)c2)cc1. The van der Waals surface area contributed by atoms with Gasteiger partial charge in [-0.15, -0.1) is 0 Å². The van der Waals surface area contributed by atoms with Gasteiger partial charge in [0.15, 0.2) is 11.7 Å². The lowest BCUT2D eigenvalue weighted by molar-refractivity contribution is -0.123. The smallest absolute Gasteiger partial charge is 0.276 e. The Morgan fingerprint density at radius 2 is 1.67 bits per heavy atom. The summed E-state index contributed by atoms with van der Waals surface area (Å²) in [5.74, 6) is 0.761. The van der Waals surface area contributed by atoms with Gasteiger partial charge in [-0.3, -0.25) is 25.8 Å². The molecule has 9 heteroatoms. The molecule has 0 atom stereocenters. The van der Waals surface area contributed by atoms with Gasteiger partial charge in [0, 0.05) is 12.0 Å². The van der Waals surface area contributed by atoms with Crippen molar-refractivity contribution in [3.05, 3.63) is 94.0 Å². The van der Waals surface area contributed by atoms with Gasteiger partial charge in [0.05, 0.1) is 11.1 Å². The fourth-order valence-electron chi connectivity index (χ4n) is 3.15. The second-order valence-electron chi connectivity index (χ2n) is 8.20. The number of hydrogen-bond acceptors (Lipinski definition) is 5. The molecule has 0 aliphatic heterocycles. The summed E-state index contributed by atoms with van der Waals surface area (Å²) in [4.78, 5) is 24.5. The molecule has 3 aromatic rings. The molecule has 188 valence electrons. The number of halogens is 1. The highest BCUT2D eigenvalue weighted by atomic mass is 79.9. The number of carbonyl (C=O) groups is 2. The van der Waals surface area contributed by atoms with Crippen molar-refractivity contribution in [3.8, 4) is 11.5 Å². The lowest BCUT2D eigenvalue weighted by Gasteiger charge is -2.13. The Bertz CT molecular complexity index is 1190. The molecule has 7 nitrogen and oxygen atoms in total. The number of carbonyl (C=O) groups excluding carboxylic acids is 2. The summed E-state index contributed by atoms with van der Waals surface area (Å²) >= 11 is 8.53. The number of benzene rings is 3. The number of hydrazine groups is 1. The Labute approximate surface area is 224 Å². The zero-order valence-electron chi connectivity index (χ0n) is 20.0. The minimum Gasteiger partial charge on any atom is -0.492 e. The minimum absolute atomic E-state index is 0.0473. The normalized spacial score (nSPS) is 10.4. The van der Waals surface area contributed by atoms with Crippen molar-refractivity contribution in [1.29, 1.82) is 0 Å². The summed E-state index contributed by atoms with van der Waals surface area (Å²) in [6, 6.07) is 22.6. The van der Waals surface area contributed by atoms with Crippen molar-refractivity contribution >= 4 is 45.1 Å². The lowest BCUT2D eigenvalue weighted by Crippen LogP contribution is -2.49. The first-order valence-electron chi connectivity index (χ1n) is 11.4. The van der Waals surface area contributed by atoms with Crippen LogP contribution in [0.15, 0.2) is 77.3 Å². The molecule has 0 aromatic heterocycles. The molecule has 0 saturated heterocycles. The standard InChI is InChI=1S/C27H28BrN3O4S/c1-18(2)20-8-11-22(12-9-20)35-17-25(32)30-31-27(36)29-26(33)21-10-13-24(23(28)16-21)34-15-14-19-6-4-3-5-7-19/h3-13,16,18H,14-15,17H2,1-2H3,(H,30,32)(H2,29,31,33,36). The second-order valence-corrected chi connectivity index (χ2v) is 9.46. The molecule has 0 bridgehead atoms. The van der Waals surface area contributed by atoms with Crippen LogP contribution in [0.4, 0.5) is 0 Å². The number of hydrogen-bond donors (Lipinski definition) is 3. The third-order valence-corrected chi connectivity index (χ3v) is 5.97. The summed E-state index contributed by atoms with van der Waals surface area (Å²) in [5, 5.41) is 2.47.